The number of rotatable bonds is 4. The minimum Gasteiger partial charge on any atom is -0.410 e. The van der Waals surface area contributed by atoms with Crippen molar-refractivity contribution in [2.75, 3.05) is 20.6 Å². The second-order valence-electron chi connectivity index (χ2n) is 4.01. The average molecular weight is 222 g/mol. The van der Waals surface area contributed by atoms with Gasteiger partial charge in [-0.2, -0.15) is 0 Å². The van der Waals surface area contributed by atoms with Crippen molar-refractivity contribution in [2.24, 2.45) is 5.73 Å². The Morgan fingerprint density at radius 3 is 2.69 bits per heavy atom. The van der Waals surface area contributed by atoms with Crippen LogP contribution in [0.25, 0.3) is 0 Å². The van der Waals surface area contributed by atoms with Crippen molar-refractivity contribution in [3.63, 3.8) is 0 Å². The second-order valence-corrected chi connectivity index (χ2v) is 4.01. The van der Waals surface area contributed by atoms with Gasteiger partial charge in [-0.05, 0) is 44.6 Å². The van der Waals surface area contributed by atoms with Gasteiger partial charge in [0.05, 0.1) is 0 Å². The van der Waals surface area contributed by atoms with Crippen LogP contribution in [0.4, 0.5) is 4.79 Å². The van der Waals surface area contributed by atoms with Crippen molar-refractivity contribution in [1.82, 2.24) is 4.90 Å². The van der Waals surface area contributed by atoms with Crippen LogP contribution < -0.4 is 10.5 Å². The molecular formula is C12H18N2O2. The fraction of sp³-hybridized carbons (Fsp3) is 0.417. The van der Waals surface area contributed by atoms with Crippen LogP contribution in [-0.2, 0) is 6.42 Å². The predicted octanol–water partition coefficient (Wildman–Crippen LogP) is 1.56. The van der Waals surface area contributed by atoms with Crippen molar-refractivity contribution >= 4 is 6.09 Å². The molecule has 4 heteroatoms. The Balaban J connectivity index is 2.81. The summed E-state index contributed by atoms with van der Waals surface area (Å²) in [5.74, 6) is 0.545. The number of ether oxygens (including phenoxy) is 1. The Kier molecular flexibility index (Phi) is 4.31. The topological polar surface area (TPSA) is 55.6 Å². The summed E-state index contributed by atoms with van der Waals surface area (Å²) in [6, 6.07) is 5.65. The molecule has 1 aromatic rings. The third-order valence-electron chi connectivity index (χ3n) is 2.44. The number of likely N-dealkylation sites (N-methyl/N-ethyl adjacent to an activating group) is 1. The highest BCUT2D eigenvalue weighted by atomic mass is 16.5. The van der Waals surface area contributed by atoms with Gasteiger partial charge in [-0.15, -0.1) is 0 Å². The molecule has 0 saturated heterocycles. The second kappa shape index (κ2) is 5.51. The van der Waals surface area contributed by atoms with Gasteiger partial charge in [0.15, 0.2) is 0 Å². The lowest BCUT2D eigenvalue weighted by Gasteiger charge is -2.13. The lowest BCUT2D eigenvalue weighted by molar-refractivity contribution is 0.210. The fourth-order valence-corrected chi connectivity index (χ4v) is 1.49. The quantitative estimate of drug-likeness (QED) is 0.841. The van der Waals surface area contributed by atoms with Gasteiger partial charge in [-0.25, -0.2) is 4.79 Å². The number of benzene rings is 1. The van der Waals surface area contributed by atoms with Crippen LogP contribution in [0.2, 0.25) is 0 Å². The van der Waals surface area contributed by atoms with Gasteiger partial charge in [0.1, 0.15) is 5.75 Å². The van der Waals surface area contributed by atoms with Crippen LogP contribution in [0.15, 0.2) is 18.2 Å². The number of nitrogens with two attached hydrogens (primary N) is 1. The van der Waals surface area contributed by atoms with Crippen molar-refractivity contribution in [3.8, 4) is 5.75 Å². The number of hydrogen-bond donors (Lipinski definition) is 1. The largest absolute Gasteiger partial charge is 0.410 e. The zero-order valence-corrected chi connectivity index (χ0v) is 9.99. The van der Waals surface area contributed by atoms with Crippen molar-refractivity contribution in [1.29, 1.82) is 0 Å². The van der Waals surface area contributed by atoms with Crippen LogP contribution in [0, 0.1) is 6.92 Å². The molecule has 0 atom stereocenters. The summed E-state index contributed by atoms with van der Waals surface area (Å²) in [6.45, 7) is 2.89. The summed E-state index contributed by atoms with van der Waals surface area (Å²) in [4.78, 5) is 12.8. The maximum absolute atomic E-state index is 10.7. The average Bonchev–Trinajstić information content (AvgIpc) is 2.18. The molecule has 16 heavy (non-hydrogen) atoms. The molecule has 1 rings (SSSR count). The van der Waals surface area contributed by atoms with E-state index in [0.29, 0.717) is 5.75 Å². The summed E-state index contributed by atoms with van der Waals surface area (Å²) < 4.78 is 4.92. The van der Waals surface area contributed by atoms with E-state index in [1.807, 2.05) is 33.2 Å². The number of hydrogen-bond acceptors (Lipinski definition) is 3. The summed E-state index contributed by atoms with van der Waals surface area (Å²) in [6.07, 6.45) is 0.155. The van der Waals surface area contributed by atoms with E-state index in [9.17, 15) is 4.79 Å². The first-order valence-electron chi connectivity index (χ1n) is 5.21. The van der Waals surface area contributed by atoms with Gasteiger partial charge >= 0.3 is 6.09 Å². The summed E-state index contributed by atoms with van der Waals surface area (Å²) in [7, 11) is 4.05. The molecule has 0 unspecified atom stereocenters. The van der Waals surface area contributed by atoms with E-state index in [1.54, 1.807) is 6.07 Å². The molecule has 88 valence electrons. The van der Waals surface area contributed by atoms with Crippen LogP contribution in [0.1, 0.15) is 11.1 Å². The van der Waals surface area contributed by atoms with Crippen LogP contribution in [0.5, 0.6) is 5.75 Å². The minimum absolute atomic E-state index is 0.545. The molecule has 0 aliphatic heterocycles. The monoisotopic (exact) mass is 222 g/mol. The normalized spacial score (nSPS) is 10.5. The van der Waals surface area contributed by atoms with E-state index >= 15 is 0 Å². The first-order valence-corrected chi connectivity index (χ1v) is 5.21. The molecule has 0 radical (unpaired) electrons. The maximum atomic E-state index is 10.7. The number of amides is 1. The van der Waals surface area contributed by atoms with Gasteiger partial charge < -0.3 is 15.4 Å². The van der Waals surface area contributed by atoms with Crippen LogP contribution in [-0.4, -0.2) is 31.6 Å². The Morgan fingerprint density at radius 1 is 1.44 bits per heavy atom. The number of nitrogens with zero attached hydrogens (tertiary/aromatic N) is 1. The van der Waals surface area contributed by atoms with E-state index in [-0.39, 0.29) is 0 Å². The van der Waals surface area contributed by atoms with Gasteiger partial charge in [0.25, 0.3) is 0 Å². The van der Waals surface area contributed by atoms with Crippen molar-refractivity contribution < 1.29 is 9.53 Å². The molecule has 0 bridgehead atoms. The van der Waals surface area contributed by atoms with Crippen molar-refractivity contribution in [3.05, 3.63) is 29.3 Å². The van der Waals surface area contributed by atoms with Gasteiger partial charge in [0.2, 0.25) is 0 Å². The Hall–Kier alpha value is -1.55. The molecule has 2 N–H and O–H groups in total. The highest BCUT2D eigenvalue weighted by Gasteiger charge is 2.07. The molecule has 4 nitrogen and oxygen atoms in total. The van der Waals surface area contributed by atoms with E-state index < -0.39 is 6.09 Å². The maximum Gasteiger partial charge on any atom is 0.409 e. The van der Waals surface area contributed by atoms with Gasteiger partial charge in [0, 0.05) is 6.54 Å². The molecule has 0 saturated carbocycles. The van der Waals surface area contributed by atoms with Gasteiger partial charge in [-0.3, -0.25) is 0 Å². The fourth-order valence-electron chi connectivity index (χ4n) is 1.49. The summed E-state index contributed by atoms with van der Waals surface area (Å²) >= 11 is 0. The molecular weight excluding hydrogens is 204 g/mol. The molecule has 0 aliphatic carbocycles. The standard InChI is InChI=1S/C12H18N2O2/c1-9-10(7-8-14(2)3)5-4-6-11(9)16-12(13)15/h4-6H,7-8H2,1-3H3,(H2,13,15). The molecule has 0 aliphatic rings. The van der Waals surface area contributed by atoms with E-state index in [2.05, 4.69) is 4.90 Å². The highest BCUT2D eigenvalue weighted by Crippen LogP contribution is 2.21. The van der Waals surface area contributed by atoms with E-state index in [4.69, 9.17) is 10.5 Å². The van der Waals surface area contributed by atoms with Crippen molar-refractivity contribution in [2.45, 2.75) is 13.3 Å². The molecule has 0 spiro atoms. The lowest BCUT2D eigenvalue weighted by Crippen LogP contribution is -2.18. The van der Waals surface area contributed by atoms with E-state index in [1.165, 1.54) is 5.56 Å². The number of primary amides is 1. The number of carbonyl (C=O) groups excluding carboxylic acids is 1. The predicted molar refractivity (Wildman–Crippen MR) is 63.6 cm³/mol. The number of carbonyl (C=O) groups is 1. The molecule has 1 aromatic carbocycles. The Bertz CT molecular complexity index is 375. The summed E-state index contributed by atoms with van der Waals surface area (Å²) in [5.41, 5.74) is 7.14. The zero-order valence-electron chi connectivity index (χ0n) is 9.99. The minimum atomic E-state index is -0.771. The lowest BCUT2D eigenvalue weighted by atomic mass is 10.0. The summed E-state index contributed by atoms with van der Waals surface area (Å²) in [5, 5.41) is 0. The Morgan fingerprint density at radius 2 is 2.12 bits per heavy atom. The first-order chi connectivity index (χ1) is 7.50. The highest BCUT2D eigenvalue weighted by molar-refractivity contribution is 5.68. The van der Waals surface area contributed by atoms with Gasteiger partial charge in [-0.1, -0.05) is 12.1 Å². The third kappa shape index (κ3) is 3.55. The zero-order chi connectivity index (χ0) is 12.1. The molecule has 1 amide bonds. The van der Waals surface area contributed by atoms with E-state index in [0.717, 1.165) is 18.5 Å². The molecule has 0 heterocycles. The van der Waals surface area contributed by atoms with Crippen LogP contribution >= 0.6 is 0 Å². The molecule has 0 aromatic heterocycles. The third-order valence-corrected chi connectivity index (χ3v) is 2.44. The Labute approximate surface area is 96.0 Å². The molecule has 0 fully saturated rings. The smallest absolute Gasteiger partial charge is 0.409 e. The SMILES string of the molecule is Cc1c(CCN(C)C)cccc1OC(N)=O. The van der Waals surface area contributed by atoms with Crippen LogP contribution in [0.3, 0.4) is 0 Å². The first kappa shape index (κ1) is 12.5.